The zero-order chi connectivity index (χ0) is 13.1. The Labute approximate surface area is 107 Å². The minimum atomic E-state index is 0.514. The highest BCUT2D eigenvalue weighted by Gasteiger charge is 2.08. The summed E-state index contributed by atoms with van der Waals surface area (Å²) in [6.07, 6.45) is 0. The van der Waals surface area contributed by atoms with Gasteiger partial charge in [-0.15, -0.1) is 0 Å². The lowest BCUT2D eigenvalue weighted by atomic mass is 10.1. The summed E-state index contributed by atoms with van der Waals surface area (Å²) in [5.74, 6) is 2.04. The molecule has 0 fully saturated rings. The maximum absolute atomic E-state index is 5.97. The van der Waals surface area contributed by atoms with Crippen LogP contribution in [0.5, 0.6) is 17.2 Å². The number of anilines is 1. The van der Waals surface area contributed by atoms with E-state index in [1.165, 1.54) is 5.56 Å². The molecule has 0 amide bonds. The van der Waals surface area contributed by atoms with Crippen LogP contribution in [-0.2, 0) is 0 Å². The Morgan fingerprint density at radius 3 is 2.33 bits per heavy atom. The molecule has 94 valence electrons. The van der Waals surface area contributed by atoms with Gasteiger partial charge in [0.05, 0.1) is 7.11 Å². The Morgan fingerprint density at radius 1 is 0.944 bits per heavy atom. The summed E-state index contributed by atoms with van der Waals surface area (Å²) in [7, 11) is 1.59. The second-order valence-corrected chi connectivity index (χ2v) is 4.24. The van der Waals surface area contributed by atoms with E-state index in [0.29, 0.717) is 17.2 Å². The molecule has 2 aromatic rings. The van der Waals surface area contributed by atoms with Gasteiger partial charge in [-0.3, -0.25) is 0 Å². The summed E-state index contributed by atoms with van der Waals surface area (Å²) in [5.41, 5.74) is 8.77. The molecule has 0 aliphatic carbocycles. The monoisotopic (exact) mass is 243 g/mol. The molecule has 2 rings (SSSR count). The maximum Gasteiger partial charge on any atom is 0.154 e. The summed E-state index contributed by atoms with van der Waals surface area (Å²) >= 11 is 0. The SMILES string of the molecule is COc1cccc(Oc2ccc(C)cc2C)c1N. The molecular weight excluding hydrogens is 226 g/mol. The smallest absolute Gasteiger partial charge is 0.154 e. The number of para-hydroxylation sites is 1. The fourth-order valence-electron chi connectivity index (χ4n) is 1.82. The fourth-order valence-corrected chi connectivity index (χ4v) is 1.82. The highest BCUT2D eigenvalue weighted by Crippen LogP contribution is 2.35. The third kappa shape index (κ3) is 2.40. The standard InChI is InChI=1S/C15H17NO2/c1-10-7-8-12(11(2)9-10)18-14-6-4-5-13(17-3)15(14)16/h4-9H,16H2,1-3H3. The van der Waals surface area contributed by atoms with Crippen LogP contribution in [-0.4, -0.2) is 7.11 Å². The number of aryl methyl sites for hydroxylation is 2. The molecule has 0 heterocycles. The van der Waals surface area contributed by atoms with Crippen molar-refractivity contribution in [1.82, 2.24) is 0 Å². The van der Waals surface area contributed by atoms with E-state index < -0.39 is 0 Å². The van der Waals surface area contributed by atoms with Gasteiger partial charge in [0.1, 0.15) is 17.2 Å². The van der Waals surface area contributed by atoms with Gasteiger partial charge in [0, 0.05) is 0 Å². The van der Waals surface area contributed by atoms with Gasteiger partial charge in [-0.2, -0.15) is 0 Å². The molecule has 0 saturated heterocycles. The largest absolute Gasteiger partial charge is 0.494 e. The molecule has 3 nitrogen and oxygen atoms in total. The molecule has 0 bridgehead atoms. The lowest BCUT2D eigenvalue weighted by molar-refractivity contribution is 0.412. The maximum atomic E-state index is 5.97. The van der Waals surface area contributed by atoms with E-state index in [1.54, 1.807) is 7.11 Å². The van der Waals surface area contributed by atoms with Gasteiger partial charge in [-0.05, 0) is 37.6 Å². The molecule has 2 aromatic carbocycles. The summed E-state index contributed by atoms with van der Waals surface area (Å²) in [5, 5.41) is 0. The van der Waals surface area contributed by atoms with Crippen LogP contribution in [0.25, 0.3) is 0 Å². The van der Waals surface area contributed by atoms with Gasteiger partial charge in [0.2, 0.25) is 0 Å². The molecule has 0 aliphatic heterocycles. The third-order valence-corrected chi connectivity index (χ3v) is 2.80. The van der Waals surface area contributed by atoms with Crippen molar-refractivity contribution in [1.29, 1.82) is 0 Å². The summed E-state index contributed by atoms with van der Waals surface area (Å²) in [6.45, 7) is 4.06. The Bertz CT molecular complexity index is 564. The van der Waals surface area contributed by atoms with Crippen molar-refractivity contribution in [3.05, 3.63) is 47.5 Å². The number of hydrogen-bond donors (Lipinski definition) is 1. The second-order valence-electron chi connectivity index (χ2n) is 4.24. The summed E-state index contributed by atoms with van der Waals surface area (Å²) < 4.78 is 11.0. The van der Waals surface area contributed by atoms with Crippen molar-refractivity contribution < 1.29 is 9.47 Å². The van der Waals surface area contributed by atoms with E-state index >= 15 is 0 Å². The van der Waals surface area contributed by atoms with Gasteiger partial charge in [-0.1, -0.05) is 23.8 Å². The molecule has 0 atom stereocenters. The first-order valence-electron chi connectivity index (χ1n) is 5.79. The van der Waals surface area contributed by atoms with Gasteiger partial charge in [-0.25, -0.2) is 0 Å². The summed E-state index contributed by atoms with van der Waals surface area (Å²) in [6, 6.07) is 11.5. The first kappa shape index (κ1) is 12.3. The first-order valence-corrected chi connectivity index (χ1v) is 5.79. The van der Waals surface area contributed by atoms with E-state index in [0.717, 1.165) is 11.3 Å². The number of hydrogen-bond acceptors (Lipinski definition) is 3. The van der Waals surface area contributed by atoms with Crippen LogP contribution in [0, 0.1) is 13.8 Å². The summed E-state index contributed by atoms with van der Waals surface area (Å²) in [4.78, 5) is 0. The predicted octanol–water partition coefficient (Wildman–Crippen LogP) is 3.69. The Hall–Kier alpha value is -2.16. The van der Waals surface area contributed by atoms with Crippen molar-refractivity contribution in [2.45, 2.75) is 13.8 Å². The lowest BCUT2D eigenvalue weighted by Crippen LogP contribution is -1.96. The molecule has 0 radical (unpaired) electrons. The van der Waals surface area contributed by atoms with Crippen LogP contribution >= 0.6 is 0 Å². The Balaban J connectivity index is 2.34. The molecule has 2 N–H and O–H groups in total. The number of rotatable bonds is 3. The van der Waals surface area contributed by atoms with Crippen LogP contribution in [0.1, 0.15) is 11.1 Å². The zero-order valence-corrected chi connectivity index (χ0v) is 10.9. The quantitative estimate of drug-likeness (QED) is 0.836. The van der Waals surface area contributed by atoms with Gasteiger partial charge in [0.15, 0.2) is 5.75 Å². The van der Waals surface area contributed by atoms with Gasteiger partial charge < -0.3 is 15.2 Å². The normalized spacial score (nSPS) is 10.2. The van der Waals surface area contributed by atoms with Crippen molar-refractivity contribution in [2.75, 3.05) is 12.8 Å². The molecular formula is C15H17NO2. The highest BCUT2D eigenvalue weighted by atomic mass is 16.5. The number of methoxy groups -OCH3 is 1. The molecule has 0 spiro atoms. The number of ether oxygens (including phenoxy) is 2. The van der Waals surface area contributed by atoms with E-state index in [9.17, 15) is 0 Å². The van der Waals surface area contributed by atoms with Crippen LogP contribution in [0.3, 0.4) is 0 Å². The molecule has 0 saturated carbocycles. The van der Waals surface area contributed by atoms with Crippen molar-refractivity contribution in [2.24, 2.45) is 0 Å². The zero-order valence-electron chi connectivity index (χ0n) is 10.9. The van der Waals surface area contributed by atoms with Crippen molar-refractivity contribution >= 4 is 5.69 Å². The van der Waals surface area contributed by atoms with Crippen LogP contribution < -0.4 is 15.2 Å². The fraction of sp³-hybridized carbons (Fsp3) is 0.200. The molecule has 0 unspecified atom stereocenters. The average Bonchev–Trinajstić information content (AvgIpc) is 2.35. The van der Waals surface area contributed by atoms with Gasteiger partial charge >= 0.3 is 0 Å². The average molecular weight is 243 g/mol. The van der Waals surface area contributed by atoms with Crippen LogP contribution in [0.15, 0.2) is 36.4 Å². The molecule has 0 aromatic heterocycles. The first-order chi connectivity index (χ1) is 8.61. The Morgan fingerprint density at radius 2 is 1.67 bits per heavy atom. The molecule has 3 heteroatoms. The topological polar surface area (TPSA) is 44.5 Å². The Kier molecular flexibility index (Phi) is 3.42. The van der Waals surface area contributed by atoms with E-state index in [1.807, 2.05) is 37.3 Å². The number of benzene rings is 2. The highest BCUT2D eigenvalue weighted by molar-refractivity contribution is 5.63. The second kappa shape index (κ2) is 5.00. The number of nitrogens with two attached hydrogens (primary N) is 1. The van der Waals surface area contributed by atoms with Crippen molar-refractivity contribution in [3.8, 4) is 17.2 Å². The lowest BCUT2D eigenvalue weighted by Gasteiger charge is -2.13. The predicted molar refractivity (Wildman–Crippen MR) is 73.4 cm³/mol. The van der Waals surface area contributed by atoms with E-state index in [2.05, 4.69) is 13.0 Å². The molecule has 18 heavy (non-hydrogen) atoms. The minimum Gasteiger partial charge on any atom is -0.494 e. The van der Waals surface area contributed by atoms with Crippen LogP contribution in [0.4, 0.5) is 5.69 Å². The van der Waals surface area contributed by atoms with Crippen LogP contribution in [0.2, 0.25) is 0 Å². The molecule has 0 aliphatic rings. The van der Waals surface area contributed by atoms with Gasteiger partial charge in [0.25, 0.3) is 0 Å². The van der Waals surface area contributed by atoms with E-state index in [-0.39, 0.29) is 0 Å². The number of nitrogen functional groups attached to an aromatic ring is 1. The third-order valence-electron chi connectivity index (χ3n) is 2.80. The minimum absolute atomic E-state index is 0.514. The van der Waals surface area contributed by atoms with E-state index in [4.69, 9.17) is 15.2 Å². The van der Waals surface area contributed by atoms with Crippen molar-refractivity contribution in [3.63, 3.8) is 0 Å².